The minimum atomic E-state index is -0.979. The van der Waals surface area contributed by atoms with E-state index in [1.54, 1.807) is 29.2 Å². The van der Waals surface area contributed by atoms with Gasteiger partial charge < -0.3 is 19.1 Å². The van der Waals surface area contributed by atoms with Crippen LogP contribution in [0.15, 0.2) is 54.6 Å². The van der Waals surface area contributed by atoms with Crippen LogP contribution >= 0.6 is 0 Å². The number of benzene rings is 2. The molecule has 0 bridgehead atoms. The molecule has 2 aliphatic rings. The van der Waals surface area contributed by atoms with Crippen molar-refractivity contribution in [2.45, 2.75) is 31.5 Å². The van der Waals surface area contributed by atoms with E-state index in [1.165, 1.54) is 0 Å². The molecular weight excluding hydrogens is 358 g/mol. The van der Waals surface area contributed by atoms with E-state index < -0.39 is 18.2 Å². The Kier molecular flexibility index (Phi) is 5.46. The molecule has 146 valence electrons. The van der Waals surface area contributed by atoms with Gasteiger partial charge in [0.2, 0.25) is 12.2 Å². The van der Waals surface area contributed by atoms with Gasteiger partial charge in [-0.15, -0.1) is 0 Å². The Morgan fingerprint density at radius 2 is 1.61 bits per heavy atom. The molecule has 2 atom stereocenters. The Balaban J connectivity index is 1.51. The highest BCUT2D eigenvalue weighted by molar-refractivity contribution is 5.86. The van der Waals surface area contributed by atoms with Gasteiger partial charge in [-0.2, -0.15) is 0 Å². The second-order valence-corrected chi connectivity index (χ2v) is 6.98. The van der Waals surface area contributed by atoms with Gasteiger partial charge >= 0.3 is 5.97 Å². The van der Waals surface area contributed by atoms with Crippen LogP contribution in [0.2, 0.25) is 0 Å². The summed E-state index contributed by atoms with van der Waals surface area (Å²) in [6.07, 6.45) is 1.17. The largest absolute Gasteiger partial charge is 0.485 e. The molecule has 4 rings (SSSR count). The highest BCUT2D eigenvalue weighted by atomic mass is 16.6. The van der Waals surface area contributed by atoms with Crippen LogP contribution in [0.4, 0.5) is 0 Å². The molecule has 0 aliphatic carbocycles. The van der Waals surface area contributed by atoms with Gasteiger partial charge in [-0.1, -0.05) is 42.5 Å². The van der Waals surface area contributed by atoms with Crippen molar-refractivity contribution in [3.63, 3.8) is 0 Å². The van der Waals surface area contributed by atoms with Crippen molar-refractivity contribution in [1.82, 2.24) is 4.90 Å². The lowest BCUT2D eigenvalue weighted by molar-refractivity contribution is -0.169. The first-order chi connectivity index (χ1) is 13.7. The number of ether oxygens (including phenoxy) is 3. The molecule has 1 amide bonds. The number of carbonyl (C=O) groups is 2. The Bertz CT molecular complexity index is 832. The fraction of sp³-hybridized carbons (Fsp3) is 0.364. The number of fused-ring (bicyclic) bond motifs is 1. The third-order valence-corrected chi connectivity index (χ3v) is 5.00. The van der Waals surface area contributed by atoms with Crippen molar-refractivity contribution in [2.24, 2.45) is 0 Å². The number of para-hydroxylation sites is 2. The lowest BCUT2D eigenvalue weighted by Gasteiger charge is -2.31. The molecule has 0 radical (unpaired) electrons. The van der Waals surface area contributed by atoms with Gasteiger partial charge in [-0.25, -0.2) is 4.79 Å². The van der Waals surface area contributed by atoms with Crippen molar-refractivity contribution < 1.29 is 23.8 Å². The summed E-state index contributed by atoms with van der Waals surface area (Å²) >= 11 is 0. The molecule has 0 N–H and O–H groups in total. The van der Waals surface area contributed by atoms with E-state index in [4.69, 9.17) is 14.2 Å². The van der Waals surface area contributed by atoms with E-state index in [0.29, 0.717) is 30.2 Å². The van der Waals surface area contributed by atoms with E-state index in [1.807, 2.05) is 30.3 Å². The first kappa shape index (κ1) is 18.3. The predicted molar refractivity (Wildman–Crippen MR) is 102 cm³/mol. The first-order valence-electron chi connectivity index (χ1n) is 9.65. The minimum absolute atomic E-state index is 0.0509. The van der Waals surface area contributed by atoms with Gasteiger partial charge in [0.1, 0.15) is 6.61 Å². The summed E-state index contributed by atoms with van der Waals surface area (Å²) in [7, 11) is 0. The van der Waals surface area contributed by atoms with Crippen LogP contribution in [0.1, 0.15) is 30.9 Å². The quantitative estimate of drug-likeness (QED) is 0.762. The molecule has 6 nitrogen and oxygen atoms in total. The predicted octanol–water partition coefficient (Wildman–Crippen LogP) is 3.12. The lowest BCUT2D eigenvalue weighted by atomic mass is 10.1. The van der Waals surface area contributed by atoms with Gasteiger partial charge in [0.15, 0.2) is 11.5 Å². The van der Waals surface area contributed by atoms with Crippen LogP contribution in [0.25, 0.3) is 0 Å². The van der Waals surface area contributed by atoms with Gasteiger partial charge in [0.25, 0.3) is 5.91 Å². The summed E-state index contributed by atoms with van der Waals surface area (Å²) in [4.78, 5) is 27.7. The topological polar surface area (TPSA) is 65.1 Å². The number of hydrogen-bond donors (Lipinski definition) is 0. The molecule has 2 aliphatic heterocycles. The van der Waals surface area contributed by atoms with Crippen molar-refractivity contribution in [3.05, 3.63) is 60.2 Å². The maximum absolute atomic E-state index is 13.1. The van der Waals surface area contributed by atoms with Crippen LogP contribution in [0, 0.1) is 0 Å². The Labute approximate surface area is 164 Å². The van der Waals surface area contributed by atoms with Crippen LogP contribution in [-0.4, -0.2) is 42.6 Å². The standard InChI is InChI=1S/C22H23NO5/c24-21(23-13-7-2-8-14-23)20(16-9-3-1-4-10-16)28-22(25)19-15-26-17-11-5-6-12-18(17)27-19/h1,3-6,9-12,19-20H,2,7-8,13-15H2/t19-,20+/m0/s1. The highest BCUT2D eigenvalue weighted by Crippen LogP contribution is 2.32. The first-order valence-corrected chi connectivity index (χ1v) is 9.65. The number of amides is 1. The van der Waals surface area contributed by atoms with Crippen LogP contribution in [-0.2, 0) is 14.3 Å². The molecule has 1 saturated heterocycles. The fourth-order valence-corrected chi connectivity index (χ4v) is 3.50. The third kappa shape index (κ3) is 3.96. The number of nitrogens with zero attached hydrogens (tertiary/aromatic N) is 1. The molecule has 0 unspecified atom stereocenters. The minimum Gasteiger partial charge on any atom is -0.485 e. The second kappa shape index (κ2) is 8.33. The normalized spacial score (nSPS) is 19.6. The molecule has 2 aromatic rings. The summed E-state index contributed by atoms with van der Waals surface area (Å²) in [5.41, 5.74) is 0.656. The van der Waals surface area contributed by atoms with E-state index in [9.17, 15) is 9.59 Å². The Morgan fingerprint density at radius 3 is 2.36 bits per heavy atom. The monoisotopic (exact) mass is 381 g/mol. The summed E-state index contributed by atoms with van der Waals surface area (Å²) in [6, 6.07) is 16.3. The lowest BCUT2D eigenvalue weighted by Crippen LogP contribution is -2.43. The van der Waals surface area contributed by atoms with Crippen LogP contribution < -0.4 is 9.47 Å². The van der Waals surface area contributed by atoms with Crippen LogP contribution in [0.3, 0.4) is 0 Å². The van der Waals surface area contributed by atoms with Crippen molar-refractivity contribution in [3.8, 4) is 11.5 Å². The molecule has 2 aromatic carbocycles. The van der Waals surface area contributed by atoms with Crippen molar-refractivity contribution in [1.29, 1.82) is 0 Å². The summed E-state index contributed by atoms with van der Waals surface area (Å²) in [5, 5.41) is 0. The maximum atomic E-state index is 13.1. The van der Waals surface area contributed by atoms with Gasteiger partial charge in [0, 0.05) is 18.7 Å². The number of hydrogen-bond acceptors (Lipinski definition) is 5. The zero-order valence-electron chi connectivity index (χ0n) is 15.6. The summed E-state index contributed by atoms with van der Waals surface area (Å²) in [6.45, 7) is 1.43. The zero-order valence-corrected chi connectivity index (χ0v) is 15.6. The third-order valence-electron chi connectivity index (χ3n) is 5.00. The molecule has 0 saturated carbocycles. The molecule has 28 heavy (non-hydrogen) atoms. The molecule has 1 fully saturated rings. The number of rotatable bonds is 4. The highest BCUT2D eigenvalue weighted by Gasteiger charge is 2.35. The molecular formula is C22H23NO5. The Hall–Kier alpha value is -3.02. The van der Waals surface area contributed by atoms with Gasteiger partial charge in [-0.3, -0.25) is 4.79 Å². The number of carbonyl (C=O) groups excluding carboxylic acids is 2. The summed E-state index contributed by atoms with van der Waals surface area (Å²) in [5.74, 6) is 0.301. The number of esters is 1. The van der Waals surface area contributed by atoms with E-state index in [-0.39, 0.29) is 12.5 Å². The molecule has 2 heterocycles. The number of piperidine rings is 1. The second-order valence-electron chi connectivity index (χ2n) is 6.98. The van der Waals surface area contributed by atoms with E-state index in [2.05, 4.69) is 0 Å². The Morgan fingerprint density at radius 1 is 0.929 bits per heavy atom. The molecule has 0 spiro atoms. The van der Waals surface area contributed by atoms with E-state index >= 15 is 0 Å². The number of likely N-dealkylation sites (tertiary alicyclic amines) is 1. The fourth-order valence-electron chi connectivity index (χ4n) is 3.50. The average molecular weight is 381 g/mol. The molecule has 6 heteroatoms. The van der Waals surface area contributed by atoms with Crippen molar-refractivity contribution in [2.75, 3.05) is 19.7 Å². The van der Waals surface area contributed by atoms with Crippen LogP contribution in [0.5, 0.6) is 11.5 Å². The summed E-state index contributed by atoms with van der Waals surface area (Å²) < 4.78 is 17.0. The zero-order chi connectivity index (χ0) is 19.3. The molecule has 0 aromatic heterocycles. The smallest absolute Gasteiger partial charge is 0.352 e. The SMILES string of the molecule is O=C(O[C@@H](C(=O)N1CCCCC1)c1ccccc1)[C@@H]1COc2ccccc2O1. The van der Waals surface area contributed by atoms with Crippen molar-refractivity contribution >= 4 is 11.9 Å². The van der Waals surface area contributed by atoms with E-state index in [0.717, 1.165) is 19.3 Å². The van der Waals surface area contributed by atoms with Gasteiger partial charge in [-0.05, 0) is 31.4 Å². The van der Waals surface area contributed by atoms with Gasteiger partial charge in [0.05, 0.1) is 0 Å². The maximum Gasteiger partial charge on any atom is 0.352 e. The average Bonchev–Trinajstić information content (AvgIpc) is 2.77.